The van der Waals surface area contributed by atoms with Gasteiger partial charge in [0, 0.05) is 10.4 Å². The van der Waals surface area contributed by atoms with Crippen LogP contribution in [-0.2, 0) is 26.9 Å². The molecular weight excluding hydrogens is 334 g/mol. The number of sulfone groups is 1. The van der Waals surface area contributed by atoms with E-state index < -0.39 is 21.5 Å². The molecule has 2 aromatic rings. The first-order valence-corrected chi connectivity index (χ1v) is 9.90. The third-order valence-corrected chi connectivity index (χ3v) is 5.37. The van der Waals surface area contributed by atoms with Crippen LogP contribution in [0.15, 0.2) is 41.8 Å². The number of carbonyl (C=O) groups excluding carboxylic acids is 1. The molecule has 1 N–H and O–H groups in total. The number of rotatable bonds is 8. The summed E-state index contributed by atoms with van der Waals surface area (Å²) in [6.45, 7) is 2.64. The largest absolute Gasteiger partial charge is 0.494 e. The summed E-state index contributed by atoms with van der Waals surface area (Å²) in [5.41, 5.74) is 0.570. The number of para-hydroxylation sites is 1. The zero-order valence-electron chi connectivity index (χ0n) is 12.8. The van der Waals surface area contributed by atoms with Gasteiger partial charge < -0.3 is 10.1 Å². The highest BCUT2D eigenvalue weighted by Crippen LogP contribution is 2.20. The number of hydrogen-bond acceptors (Lipinski definition) is 5. The number of thiophene rings is 1. The van der Waals surface area contributed by atoms with Crippen LogP contribution in [0.1, 0.15) is 17.4 Å². The van der Waals surface area contributed by atoms with Crippen molar-refractivity contribution < 1.29 is 17.9 Å². The Balaban J connectivity index is 1.95. The molecule has 0 unspecified atom stereocenters. The van der Waals surface area contributed by atoms with E-state index in [-0.39, 0.29) is 5.75 Å². The van der Waals surface area contributed by atoms with Gasteiger partial charge >= 0.3 is 0 Å². The summed E-state index contributed by atoms with van der Waals surface area (Å²) >= 11 is 1.51. The van der Waals surface area contributed by atoms with E-state index in [1.807, 2.05) is 24.4 Å². The first-order chi connectivity index (χ1) is 11.0. The van der Waals surface area contributed by atoms with Gasteiger partial charge in [0.2, 0.25) is 5.91 Å². The third-order valence-electron chi connectivity index (χ3n) is 3.04. The number of nitrogens with one attached hydrogen (secondary N) is 1. The van der Waals surface area contributed by atoms with Gasteiger partial charge in [-0.2, -0.15) is 0 Å². The predicted molar refractivity (Wildman–Crippen MR) is 91.3 cm³/mol. The molecule has 0 radical (unpaired) electrons. The van der Waals surface area contributed by atoms with Gasteiger partial charge in [-0.05, 0) is 24.4 Å². The van der Waals surface area contributed by atoms with Crippen molar-refractivity contribution in [3.8, 4) is 5.75 Å². The second kappa shape index (κ2) is 8.12. The molecule has 1 heterocycles. The van der Waals surface area contributed by atoms with E-state index in [9.17, 15) is 13.2 Å². The van der Waals surface area contributed by atoms with Crippen LogP contribution in [0.3, 0.4) is 0 Å². The first-order valence-electron chi connectivity index (χ1n) is 7.20. The maximum Gasteiger partial charge on any atom is 0.235 e. The van der Waals surface area contributed by atoms with Crippen molar-refractivity contribution >= 4 is 27.1 Å². The summed E-state index contributed by atoms with van der Waals surface area (Å²) in [4.78, 5) is 12.8. The Hall–Kier alpha value is -1.86. The highest BCUT2D eigenvalue weighted by Gasteiger charge is 2.19. The summed E-state index contributed by atoms with van der Waals surface area (Å²) in [5.74, 6) is -0.695. The number of carbonyl (C=O) groups is 1. The molecule has 0 spiro atoms. The lowest BCUT2D eigenvalue weighted by Crippen LogP contribution is -2.30. The lowest BCUT2D eigenvalue weighted by atomic mass is 10.2. The molecule has 1 aromatic heterocycles. The van der Waals surface area contributed by atoms with E-state index >= 15 is 0 Å². The Kier molecular flexibility index (Phi) is 6.18. The van der Waals surface area contributed by atoms with Crippen LogP contribution >= 0.6 is 11.3 Å². The van der Waals surface area contributed by atoms with E-state index in [1.165, 1.54) is 11.3 Å². The fourth-order valence-corrected chi connectivity index (χ4v) is 4.02. The zero-order chi connectivity index (χ0) is 16.7. The Bertz CT molecular complexity index is 739. The standard InChI is InChI=1S/C16H19NO4S2/c1-2-21-15-8-4-3-6-13(15)11-23(19,20)12-16(18)17-10-14-7-5-9-22-14/h3-9H,2,10-12H2,1H3,(H,17,18). The van der Waals surface area contributed by atoms with E-state index in [0.29, 0.717) is 24.5 Å². The molecule has 0 aliphatic heterocycles. The molecule has 0 saturated heterocycles. The Morgan fingerprint density at radius 1 is 1.22 bits per heavy atom. The van der Waals surface area contributed by atoms with Crippen molar-refractivity contribution in [1.82, 2.24) is 5.32 Å². The third kappa shape index (κ3) is 5.69. The molecule has 5 nitrogen and oxygen atoms in total. The molecule has 124 valence electrons. The summed E-state index contributed by atoms with van der Waals surface area (Å²) in [7, 11) is -3.55. The monoisotopic (exact) mass is 353 g/mol. The summed E-state index contributed by atoms with van der Waals surface area (Å²) in [5, 5.41) is 4.53. The zero-order valence-corrected chi connectivity index (χ0v) is 14.5. The van der Waals surface area contributed by atoms with Crippen LogP contribution in [0.2, 0.25) is 0 Å². The van der Waals surface area contributed by atoms with Gasteiger partial charge in [-0.1, -0.05) is 24.3 Å². The molecule has 2 rings (SSSR count). The van der Waals surface area contributed by atoms with Gasteiger partial charge in [-0.15, -0.1) is 11.3 Å². The normalized spacial score (nSPS) is 11.2. The van der Waals surface area contributed by atoms with Crippen molar-refractivity contribution in [2.45, 2.75) is 19.2 Å². The fraction of sp³-hybridized carbons (Fsp3) is 0.312. The van der Waals surface area contributed by atoms with Crippen molar-refractivity contribution in [3.63, 3.8) is 0 Å². The van der Waals surface area contributed by atoms with E-state index in [1.54, 1.807) is 24.3 Å². The van der Waals surface area contributed by atoms with Crippen molar-refractivity contribution in [3.05, 3.63) is 52.2 Å². The van der Waals surface area contributed by atoms with Crippen LogP contribution in [0.4, 0.5) is 0 Å². The van der Waals surface area contributed by atoms with E-state index in [0.717, 1.165) is 4.88 Å². The maximum atomic E-state index is 12.2. The molecule has 0 atom stereocenters. The minimum Gasteiger partial charge on any atom is -0.494 e. The average Bonchev–Trinajstić information content (AvgIpc) is 3.00. The Labute approximate surface area is 140 Å². The molecule has 0 aliphatic rings. The van der Waals surface area contributed by atoms with Crippen LogP contribution < -0.4 is 10.1 Å². The Morgan fingerprint density at radius 2 is 2.00 bits per heavy atom. The molecule has 7 heteroatoms. The van der Waals surface area contributed by atoms with Crippen molar-refractivity contribution in [2.75, 3.05) is 12.4 Å². The lowest BCUT2D eigenvalue weighted by Gasteiger charge is -2.10. The van der Waals surface area contributed by atoms with Gasteiger partial charge in [0.25, 0.3) is 0 Å². The summed E-state index contributed by atoms with van der Waals surface area (Å²) in [6.07, 6.45) is 0. The van der Waals surface area contributed by atoms with Gasteiger partial charge in [0.1, 0.15) is 11.5 Å². The smallest absolute Gasteiger partial charge is 0.235 e. The SMILES string of the molecule is CCOc1ccccc1CS(=O)(=O)CC(=O)NCc1cccs1. The molecule has 0 fully saturated rings. The molecule has 1 aromatic carbocycles. The van der Waals surface area contributed by atoms with Gasteiger partial charge in [-0.3, -0.25) is 4.79 Å². The fourth-order valence-electron chi connectivity index (χ4n) is 2.06. The topological polar surface area (TPSA) is 72.5 Å². The minimum absolute atomic E-state index is 0.213. The maximum absolute atomic E-state index is 12.2. The quantitative estimate of drug-likeness (QED) is 0.791. The number of hydrogen-bond donors (Lipinski definition) is 1. The van der Waals surface area contributed by atoms with Crippen molar-refractivity contribution in [2.24, 2.45) is 0 Å². The van der Waals surface area contributed by atoms with E-state index in [2.05, 4.69) is 5.32 Å². The van der Waals surface area contributed by atoms with Crippen LogP contribution in [0.5, 0.6) is 5.75 Å². The molecule has 1 amide bonds. The summed E-state index contributed by atoms with van der Waals surface area (Å²) < 4.78 is 29.8. The second-order valence-electron chi connectivity index (χ2n) is 4.93. The predicted octanol–water partition coefficient (Wildman–Crippen LogP) is 2.38. The van der Waals surface area contributed by atoms with Gasteiger partial charge in [-0.25, -0.2) is 8.42 Å². The van der Waals surface area contributed by atoms with Crippen molar-refractivity contribution in [1.29, 1.82) is 0 Å². The number of ether oxygens (including phenoxy) is 1. The first kappa shape index (κ1) is 17.5. The molecular formula is C16H19NO4S2. The van der Waals surface area contributed by atoms with Crippen LogP contribution in [0.25, 0.3) is 0 Å². The lowest BCUT2D eigenvalue weighted by molar-refractivity contribution is -0.118. The Morgan fingerprint density at radius 3 is 2.70 bits per heavy atom. The molecule has 0 saturated carbocycles. The van der Waals surface area contributed by atoms with E-state index in [4.69, 9.17) is 4.74 Å². The van der Waals surface area contributed by atoms with Crippen LogP contribution in [0, 0.1) is 0 Å². The number of benzene rings is 1. The van der Waals surface area contributed by atoms with Gasteiger partial charge in [0.15, 0.2) is 9.84 Å². The van der Waals surface area contributed by atoms with Gasteiger partial charge in [0.05, 0.1) is 18.9 Å². The number of amides is 1. The highest BCUT2D eigenvalue weighted by atomic mass is 32.2. The summed E-state index contributed by atoms with van der Waals surface area (Å²) in [6, 6.07) is 10.7. The molecule has 0 bridgehead atoms. The molecule has 0 aliphatic carbocycles. The second-order valence-corrected chi connectivity index (χ2v) is 8.03. The minimum atomic E-state index is -3.55. The molecule has 23 heavy (non-hydrogen) atoms. The highest BCUT2D eigenvalue weighted by molar-refractivity contribution is 7.91. The average molecular weight is 353 g/mol. The van der Waals surface area contributed by atoms with Crippen LogP contribution in [-0.4, -0.2) is 26.7 Å².